The van der Waals surface area contributed by atoms with Gasteiger partial charge < -0.3 is 19.5 Å². The lowest BCUT2D eigenvalue weighted by Crippen LogP contribution is -2.36. The zero-order valence-electron chi connectivity index (χ0n) is 15.1. The average molecular weight is 355 g/mol. The zero-order valence-corrected chi connectivity index (χ0v) is 15.1. The molecule has 0 aliphatic carbocycles. The first-order chi connectivity index (χ1) is 11.7. The molecule has 1 rings (SSSR count). The zero-order chi connectivity index (χ0) is 18.9. The predicted octanol–water partition coefficient (Wildman–Crippen LogP) is 3.35. The Morgan fingerprint density at radius 1 is 1.20 bits per heavy atom. The summed E-state index contributed by atoms with van der Waals surface area (Å²) in [4.78, 5) is 23.0. The van der Waals surface area contributed by atoms with E-state index < -0.39 is 24.3 Å². The maximum atomic E-state index is 12.7. The Bertz CT molecular complexity index is 554. The van der Waals surface area contributed by atoms with Crippen molar-refractivity contribution in [3.05, 3.63) is 29.8 Å². The van der Waals surface area contributed by atoms with Crippen LogP contribution in [0.5, 0.6) is 5.75 Å². The van der Waals surface area contributed by atoms with Crippen LogP contribution in [0.25, 0.3) is 0 Å². The van der Waals surface area contributed by atoms with Gasteiger partial charge in [-0.25, -0.2) is 9.59 Å². The summed E-state index contributed by atoms with van der Waals surface area (Å²) in [6.07, 6.45) is -0.283. The molecule has 140 valence electrons. The second-order valence-electron chi connectivity index (χ2n) is 6.55. The first kappa shape index (κ1) is 20.7. The van der Waals surface area contributed by atoms with Crippen LogP contribution in [-0.4, -0.2) is 44.6 Å². The fourth-order valence-corrected chi connectivity index (χ4v) is 1.96. The molecular formula is C18H26FNO5. The van der Waals surface area contributed by atoms with Crippen LogP contribution in [0.2, 0.25) is 0 Å². The van der Waals surface area contributed by atoms with Crippen molar-refractivity contribution in [1.82, 2.24) is 5.32 Å². The fourth-order valence-electron chi connectivity index (χ4n) is 1.96. The van der Waals surface area contributed by atoms with E-state index in [0.29, 0.717) is 11.3 Å². The second kappa shape index (κ2) is 9.86. The molecule has 1 atom stereocenters. The summed E-state index contributed by atoms with van der Waals surface area (Å²) in [7, 11) is 1.31. The molecule has 0 aliphatic rings. The van der Waals surface area contributed by atoms with Crippen molar-refractivity contribution in [1.29, 1.82) is 0 Å². The lowest BCUT2D eigenvalue weighted by molar-refractivity contribution is 0.0511. The second-order valence-corrected chi connectivity index (χ2v) is 6.55. The highest BCUT2D eigenvalue weighted by molar-refractivity contribution is 5.89. The smallest absolute Gasteiger partial charge is 0.407 e. The van der Waals surface area contributed by atoms with Gasteiger partial charge in [-0.1, -0.05) is 0 Å². The van der Waals surface area contributed by atoms with Gasteiger partial charge >= 0.3 is 12.1 Å². The molecule has 0 radical (unpaired) electrons. The minimum absolute atomic E-state index is 0.196. The molecule has 0 aliphatic heterocycles. The van der Waals surface area contributed by atoms with Crippen molar-refractivity contribution in [3.63, 3.8) is 0 Å². The van der Waals surface area contributed by atoms with E-state index in [1.165, 1.54) is 7.11 Å². The SMILES string of the molecule is COC(=O)c1ccc(OCC(CCF)CNC(=O)OC(C)(C)C)cc1. The minimum atomic E-state index is -0.586. The van der Waals surface area contributed by atoms with Crippen molar-refractivity contribution in [3.8, 4) is 5.75 Å². The van der Waals surface area contributed by atoms with Crippen LogP contribution in [0.3, 0.4) is 0 Å². The lowest BCUT2D eigenvalue weighted by atomic mass is 10.1. The minimum Gasteiger partial charge on any atom is -0.493 e. The van der Waals surface area contributed by atoms with E-state index in [0.717, 1.165) is 0 Å². The van der Waals surface area contributed by atoms with E-state index in [1.807, 2.05) is 0 Å². The highest BCUT2D eigenvalue weighted by atomic mass is 19.1. The Labute approximate surface area is 147 Å². The quantitative estimate of drug-likeness (QED) is 0.724. The number of alkyl carbamates (subject to hydrolysis) is 1. The summed E-state index contributed by atoms with van der Waals surface area (Å²) < 4.78 is 28.1. The number of benzene rings is 1. The molecule has 1 amide bonds. The van der Waals surface area contributed by atoms with Crippen LogP contribution < -0.4 is 10.1 Å². The lowest BCUT2D eigenvalue weighted by Gasteiger charge is -2.22. The Morgan fingerprint density at radius 2 is 1.84 bits per heavy atom. The first-order valence-electron chi connectivity index (χ1n) is 8.09. The van der Waals surface area contributed by atoms with E-state index in [9.17, 15) is 14.0 Å². The molecule has 1 unspecified atom stereocenters. The van der Waals surface area contributed by atoms with Crippen LogP contribution in [0.15, 0.2) is 24.3 Å². The number of nitrogens with one attached hydrogen (secondary N) is 1. The fraction of sp³-hybridized carbons (Fsp3) is 0.556. The van der Waals surface area contributed by atoms with Gasteiger partial charge in [0.25, 0.3) is 0 Å². The van der Waals surface area contributed by atoms with Crippen LogP contribution in [0.1, 0.15) is 37.6 Å². The Morgan fingerprint density at radius 3 is 2.36 bits per heavy atom. The third-order valence-electron chi connectivity index (χ3n) is 3.21. The van der Waals surface area contributed by atoms with Gasteiger partial charge in [-0.15, -0.1) is 0 Å². The molecular weight excluding hydrogens is 329 g/mol. The van der Waals surface area contributed by atoms with Crippen LogP contribution in [0.4, 0.5) is 9.18 Å². The van der Waals surface area contributed by atoms with Gasteiger partial charge in [0.05, 0.1) is 26.0 Å². The molecule has 25 heavy (non-hydrogen) atoms. The molecule has 1 N–H and O–H groups in total. The van der Waals surface area contributed by atoms with E-state index in [-0.39, 0.29) is 25.5 Å². The molecule has 0 heterocycles. The number of carbonyl (C=O) groups is 2. The number of esters is 1. The number of amides is 1. The Kier molecular flexibility index (Phi) is 8.18. The highest BCUT2D eigenvalue weighted by Crippen LogP contribution is 2.15. The van der Waals surface area contributed by atoms with E-state index in [1.54, 1.807) is 45.0 Å². The van der Waals surface area contributed by atoms with Crippen molar-refractivity contribution in [2.75, 3.05) is 26.9 Å². The summed E-state index contributed by atoms with van der Waals surface area (Å²) in [6.45, 7) is 5.29. The molecule has 0 saturated heterocycles. The molecule has 0 bridgehead atoms. The Balaban J connectivity index is 2.49. The number of rotatable bonds is 8. The normalized spacial score (nSPS) is 12.2. The monoisotopic (exact) mass is 355 g/mol. The van der Waals surface area contributed by atoms with Crippen molar-refractivity contribution < 1.29 is 28.2 Å². The summed E-state index contributed by atoms with van der Waals surface area (Å²) in [5.74, 6) is -0.0741. The van der Waals surface area contributed by atoms with Crippen molar-refractivity contribution >= 4 is 12.1 Å². The van der Waals surface area contributed by atoms with Crippen molar-refractivity contribution in [2.24, 2.45) is 5.92 Å². The van der Waals surface area contributed by atoms with Crippen molar-refractivity contribution in [2.45, 2.75) is 32.8 Å². The number of hydrogen-bond donors (Lipinski definition) is 1. The van der Waals surface area contributed by atoms with E-state index in [2.05, 4.69) is 10.1 Å². The maximum absolute atomic E-state index is 12.7. The standard InChI is InChI=1S/C18H26FNO5/c1-18(2,3)25-17(22)20-11-13(9-10-19)12-24-15-7-5-14(6-8-15)16(21)23-4/h5-8,13H,9-12H2,1-4H3,(H,20,22). The van der Waals surface area contributed by atoms with E-state index >= 15 is 0 Å². The Hall–Kier alpha value is -2.31. The summed E-state index contributed by atoms with van der Waals surface area (Å²) >= 11 is 0. The molecule has 0 fully saturated rings. The van der Waals surface area contributed by atoms with Gasteiger partial charge in [-0.3, -0.25) is 4.39 Å². The number of ether oxygens (including phenoxy) is 3. The summed E-state index contributed by atoms with van der Waals surface area (Å²) in [5, 5.41) is 2.62. The topological polar surface area (TPSA) is 73.9 Å². The number of alkyl halides is 1. The average Bonchev–Trinajstić information content (AvgIpc) is 2.55. The third-order valence-corrected chi connectivity index (χ3v) is 3.21. The van der Waals surface area contributed by atoms with Crippen LogP contribution >= 0.6 is 0 Å². The largest absolute Gasteiger partial charge is 0.493 e. The number of halogens is 1. The predicted molar refractivity (Wildman–Crippen MR) is 91.6 cm³/mol. The van der Waals surface area contributed by atoms with Gasteiger partial charge in [0, 0.05) is 12.5 Å². The molecule has 0 spiro atoms. The molecule has 0 saturated carbocycles. The van der Waals surface area contributed by atoms with Crippen LogP contribution in [-0.2, 0) is 9.47 Å². The van der Waals surface area contributed by atoms with Gasteiger partial charge in [-0.05, 0) is 51.5 Å². The molecule has 1 aromatic carbocycles. The third kappa shape index (κ3) is 8.37. The summed E-state index contributed by atoms with van der Waals surface area (Å²) in [6, 6.07) is 6.45. The molecule has 0 aromatic heterocycles. The molecule has 6 nitrogen and oxygen atoms in total. The number of carbonyl (C=O) groups excluding carboxylic acids is 2. The maximum Gasteiger partial charge on any atom is 0.407 e. The van der Waals surface area contributed by atoms with Crippen LogP contribution in [0, 0.1) is 5.92 Å². The summed E-state index contributed by atoms with van der Waals surface area (Å²) in [5.41, 5.74) is -0.167. The highest BCUT2D eigenvalue weighted by Gasteiger charge is 2.18. The van der Waals surface area contributed by atoms with Gasteiger partial charge in [0.1, 0.15) is 11.4 Å². The molecule has 1 aromatic rings. The molecule has 7 heteroatoms. The van der Waals surface area contributed by atoms with Gasteiger partial charge in [0.15, 0.2) is 0 Å². The van der Waals surface area contributed by atoms with Gasteiger partial charge in [0.2, 0.25) is 0 Å². The van der Waals surface area contributed by atoms with Gasteiger partial charge in [-0.2, -0.15) is 0 Å². The van der Waals surface area contributed by atoms with E-state index in [4.69, 9.17) is 9.47 Å². The number of methoxy groups -OCH3 is 1. The first-order valence-corrected chi connectivity index (χ1v) is 8.09. The number of hydrogen-bond acceptors (Lipinski definition) is 5.